The molecule has 1 amide bonds. The van der Waals surface area contributed by atoms with Crippen LogP contribution < -0.4 is 0 Å². The number of halogens is 1. The SMILES string of the molecule is O=C(c1cnccc1Cl)N1CC2CCCC2C1. The third-order valence-corrected chi connectivity index (χ3v) is 4.34. The van der Waals surface area contributed by atoms with E-state index < -0.39 is 0 Å². The molecule has 4 heteroatoms. The van der Waals surface area contributed by atoms with Crippen LogP contribution in [0.4, 0.5) is 0 Å². The molecule has 1 saturated carbocycles. The maximum absolute atomic E-state index is 12.3. The molecule has 1 aliphatic carbocycles. The van der Waals surface area contributed by atoms with E-state index in [0.717, 1.165) is 24.9 Å². The lowest BCUT2D eigenvalue weighted by atomic mass is 10.0. The standard InChI is InChI=1S/C13H15ClN2O/c14-12-4-5-15-6-11(12)13(17)16-7-9-2-1-3-10(9)8-16/h4-6,9-10H,1-3,7-8H2. The van der Waals surface area contributed by atoms with Crippen molar-refractivity contribution in [3.63, 3.8) is 0 Å². The number of aromatic nitrogens is 1. The van der Waals surface area contributed by atoms with Crippen LogP contribution in [-0.4, -0.2) is 28.9 Å². The van der Waals surface area contributed by atoms with Gasteiger partial charge in [-0.2, -0.15) is 0 Å². The van der Waals surface area contributed by atoms with E-state index in [2.05, 4.69) is 4.98 Å². The second-order valence-corrected chi connectivity index (χ2v) is 5.42. The van der Waals surface area contributed by atoms with Gasteiger partial charge in [0.25, 0.3) is 5.91 Å². The molecule has 3 rings (SSSR count). The van der Waals surface area contributed by atoms with Crippen molar-refractivity contribution in [3.8, 4) is 0 Å². The van der Waals surface area contributed by atoms with Crippen LogP contribution in [0, 0.1) is 11.8 Å². The highest BCUT2D eigenvalue weighted by molar-refractivity contribution is 6.33. The normalized spacial score (nSPS) is 27.2. The number of likely N-dealkylation sites (tertiary alicyclic amines) is 1. The number of carbonyl (C=O) groups excluding carboxylic acids is 1. The van der Waals surface area contributed by atoms with E-state index in [-0.39, 0.29) is 5.91 Å². The predicted octanol–water partition coefficient (Wildman–Crippen LogP) is 2.61. The van der Waals surface area contributed by atoms with Gasteiger partial charge in [0.05, 0.1) is 10.6 Å². The summed E-state index contributed by atoms with van der Waals surface area (Å²) < 4.78 is 0. The first-order chi connectivity index (χ1) is 8.25. The Balaban J connectivity index is 1.78. The smallest absolute Gasteiger partial charge is 0.256 e. The van der Waals surface area contributed by atoms with E-state index >= 15 is 0 Å². The minimum atomic E-state index is 0.0394. The van der Waals surface area contributed by atoms with Crippen molar-refractivity contribution in [2.24, 2.45) is 11.8 Å². The van der Waals surface area contributed by atoms with E-state index in [1.54, 1.807) is 18.5 Å². The molecule has 1 aromatic heterocycles. The summed E-state index contributed by atoms with van der Waals surface area (Å²) in [6.07, 6.45) is 7.05. The molecule has 1 saturated heterocycles. The van der Waals surface area contributed by atoms with Gasteiger partial charge < -0.3 is 4.90 Å². The topological polar surface area (TPSA) is 33.2 Å². The van der Waals surface area contributed by atoms with Crippen LogP contribution >= 0.6 is 11.6 Å². The van der Waals surface area contributed by atoms with Crippen molar-refractivity contribution in [1.29, 1.82) is 0 Å². The number of rotatable bonds is 1. The maximum atomic E-state index is 12.3. The number of amides is 1. The lowest BCUT2D eigenvalue weighted by Crippen LogP contribution is -2.29. The molecular weight excluding hydrogens is 236 g/mol. The van der Waals surface area contributed by atoms with Crippen LogP contribution in [0.25, 0.3) is 0 Å². The Kier molecular flexibility index (Phi) is 2.79. The lowest BCUT2D eigenvalue weighted by Gasteiger charge is -2.17. The van der Waals surface area contributed by atoms with E-state index in [0.29, 0.717) is 10.6 Å². The molecule has 0 bridgehead atoms. The molecule has 2 atom stereocenters. The molecule has 90 valence electrons. The largest absolute Gasteiger partial charge is 0.338 e. The van der Waals surface area contributed by atoms with E-state index in [1.165, 1.54) is 19.3 Å². The van der Waals surface area contributed by atoms with Crippen LogP contribution in [0.5, 0.6) is 0 Å². The molecule has 1 aromatic rings. The van der Waals surface area contributed by atoms with Crippen molar-refractivity contribution in [3.05, 3.63) is 29.0 Å². The number of hydrogen-bond acceptors (Lipinski definition) is 2. The highest BCUT2D eigenvalue weighted by atomic mass is 35.5. The van der Waals surface area contributed by atoms with Gasteiger partial charge in [-0.05, 0) is 30.7 Å². The zero-order valence-electron chi connectivity index (χ0n) is 9.60. The van der Waals surface area contributed by atoms with Crippen LogP contribution in [-0.2, 0) is 0 Å². The number of carbonyl (C=O) groups is 1. The van der Waals surface area contributed by atoms with Gasteiger partial charge in [-0.15, -0.1) is 0 Å². The molecule has 2 unspecified atom stereocenters. The third-order valence-electron chi connectivity index (χ3n) is 4.01. The Morgan fingerprint density at radius 3 is 2.71 bits per heavy atom. The molecule has 0 N–H and O–H groups in total. The Hall–Kier alpha value is -1.09. The van der Waals surface area contributed by atoms with Gasteiger partial charge in [0.15, 0.2) is 0 Å². The highest BCUT2D eigenvalue weighted by Crippen LogP contribution is 2.38. The van der Waals surface area contributed by atoms with Crippen LogP contribution in [0.15, 0.2) is 18.5 Å². The van der Waals surface area contributed by atoms with Crippen molar-refractivity contribution in [2.75, 3.05) is 13.1 Å². The highest BCUT2D eigenvalue weighted by Gasteiger charge is 2.38. The fourth-order valence-electron chi connectivity index (χ4n) is 3.11. The molecule has 2 aliphatic rings. The summed E-state index contributed by atoms with van der Waals surface area (Å²) in [7, 11) is 0. The average Bonchev–Trinajstić information content (AvgIpc) is 2.88. The van der Waals surface area contributed by atoms with E-state index in [4.69, 9.17) is 11.6 Å². The summed E-state index contributed by atoms with van der Waals surface area (Å²) >= 11 is 6.03. The zero-order valence-corrected chi connectivity index (χ0v) is 10.4. The minimum absolute atomic E-state index is 0.0394. The van der Waals surface area contributed by atoms with E-state index in [9.17, 15) is 4.79 Å². The number of hydrogen-bond donors (Lipinski definition) is 0. The van der Waals surface area contributed by atoms with Crippen LogP contribution in [0.3, 0.4) is 0 Å². The van der Waals surface area contributed by atoms with Gasteiger partial charge in [-0.25, -0.2) is 0 Å². The fourth-order valence-corrected chi connectivity index (χ4v) is 3.29. The van der Waals surface area contributed by atoms with Crippen LogP contribution in [0.2, 0.25) is 5.02 Å². The Labute approximate surface area is 106 Å². The molecule has 2 heterocycles. The number of pyridine rings is 1. The fraction of sp³-hybridized carbons (Fsp3) is 0.538. The summed E-state index contributed by atoms with van der Waals surface area (Å²) in [5, 5.41) is 0.502. The first-order valence-corrected chi connectivity index (χ1v) is 6.52. The van der Waals surface area contributed by atoms with Gasteiger partial charge in [0.2, 0.25) is 0 Å². The lowest BCUT2D eigenvalue weighted by molar-refractivity contribution is 0.0780. The quantitative estimate of drug-likeness (QED) is 0.768. The Morgan fingerprint density at radius 1 is 1.35 bits per heavy atom. The van der Waals surface area contributed by atoms with Gasteiger partial charge in [-0.3, -0.25) is 9.78 Å². The summed E-state index contributed by atoms with van der Waals surface area (Å²) in [5.74, 6) is 1.47. The molecule has 0 aromatic carbocycles. The average molecular weight is 251 g/mol. The van der Waals surface area contributed by atoms with Gasteiger partial charge in [-0.1, -0.05) is 18.0 Å². The first kappa shape index (κ1) is 11.0. The van der Waals surface area contributed by atoms with Crippen LogP contribution in [0.1, 0.15) is 29.6 Å². The second kappa shape index (κ2) is 4.30. The number of fused-ring (bicyclic) bond motifs is 1. The predicted molar refractivity (Wildman–Crippen MR) is 66.0 cm³/mol. The van der Waals surface area contributed by atoms with Gasteiger partial charge >= 0.3 is 0 Å². The van der Waals surface area contributed by atoms with Gasteiger partial charge in [0.1, 0.15) is 0 Å². The molecule has 3 nitrogen and oxygen atoms in total. The maximum Gasteiger partial charge on any atom is 0.256 e. The Morgan fingerprint density at radius 2 is 2.06 bits per heavy atom. The Bertz CT molecular complexity index is 437. The first-order valence-electron chi connectivity index (χ1n) is 6.14. The van der Waals surface area contributed by atoms with Crippen molar-refractivity contribution in [1.82, 2.24) is 9.88 Å². The van der Waals surface area contributed by atoms with E-state index in [1.807, 2.05) is 4.90 Å². The minimum Gasteiger partial charge on any atom is -0.338 e. The summed E-state index contributed by atoms with van der Waals surface area (Å²) in [6.45, 7) is 1.80. The van der Waals surface area contributed by atoms with Crippen molar-refractivity contribution < 1.29 is 4.79 Å². The zero-order chi connectivity index (χ0) is 11.8. The summed E-state index contributed by atoms with van der Waals surface area (Å²) in [4.78, 5) is 18.2. The molecule has 1 aliphatic heterocycles. The molecule has 2 fully saturated rings. The summed E-state index contributed by atoms with van der Waals surface area (Å²) in [6, 6.07) is 1.67. The van der Waals surface area contributed by atoms with Crippen molar-refractivity contribution in [2.45, 2.75) is 19.3 Å². The third kappa shape index (κ3) is 1.93. The molecular formula is C13H15ClN2O. The monoisotopic (exact) mass is 250 g/mol. The van der Waals surface area contributed by atoms with Gasteiger partial charge in [0, 0.05) is 25.5 Å². The van der Waals surface area contributed by atoms with Crippen molar-refractivity contribution >= 4 is 17.5 Å². The molecule has 0 radical (unpaired) electrons. The molecule has 17 heavy (non-hydrogen) atoms. The molecule has 0 spiro atoms. The second-order valence-electron chi connectivity index (χ2n) is 5.02. The number of nitrogens with zero attached hydrogens (tertiary/aromatic N) is 2. The summed E-state index contributed by atoms with van der Waals surface area (Å²) in [5.41, 5.74) is 0.536.